The molecule has 0 N–H and O–H groups in total. The summed E-state index contributed by atoms with van der Waals surface area (Å²) < 4.78 is 8.36. The van der Waals surface area contributed by atoms with Crippen molar-refractivity contribution in [2.24, 2.45) is 0 Å². The molecule has 0 radical (unpaired) electrons. The standard InChI is InChI=1S/C14H16N4O2S/c1-17(14(20)9-18-6-2-3-13(18)19)8-10-4-5-11-12(7-10)16-21-15-11/h4-5,7H,2-3,6,8-9H2,1H3. The molecule has 2 heterocycles. The first-order valence-corrected chi connectivity index (χ1v) is 7.59. The maximum absolute atomic E-state index is 12.2. The third kappa shape index (κ3) is 3.02. The van der Waals surface area contributed by atoms with Crippen LogP contribution in [0.15, 0.2) is 18.2 Å². The maximum Gasteiger partial charge on any atom is 0.242 e. The Labute approximate surface area is 126 Å². The molecule has 1 fully saturated rings. The largest absolute Gasteiger partial charge is 0.340 e. The lowest BCUT2D eigenvalue weighted by atomic mass is 10.2. The number of rotatable bonds is 4. The molecule has 0 unspecified atom stereocenters. The van der Waals surface area contributed by atoms with Gasteiger partial charge in [-0.3, -0.25) is 9.59 Å². The van der Waals surface area contributed by atoms with Gasteiger partial charge in [-0.05, 0) is 24.1 Å². The van der Waals surface area contributed by atoms with Crippen LogP contribution in [-0.4, -0.2) is 50.5 Å². The number of hydrogen-bond donors (Lipinski definition) is 0. The van der Waals surface area contributed by atoms with Crippen molar-refractivity contribution < 1.29 is 9.59 Å². The van der Waals surface area contributed by atoms with Gasteiger partial charge < -0.3 is 9.80 Å². The Bertz CT molecular complexity index is 684. The zero-order chi connectivity index (χ0) is 14.8. The van der Waals surface area contributed by atoms with Gasteiger partial charge in [0.25, 0.3) is 0 Å². The summed E-state index contributed by atoms with van der Waals surface area (Å²) in [6, 6.07) is 5.81. The first kappa shape index (κ1) is 13.9. The Morgan fingerprint density at radius 1 is 1.38 bits per heavy atom. The molecule has 0 bridgehead atoms. The Morgan fingerprint density at radius 3 is 2.95 bits per heavy atom. The van der Waals surface area contributed by atoms with E-state index in [1.807, 2.05) is 18.2 Å². The van der Waals surface area contributed by atoms with Crippen LogP contribution in [0.1, 0.15) is 18.4 Å². The van der Waals surface area contributed by atoms with Crippen LogP contribution in [0.25, 0.3) is 11.0 Å². The number of likely N-dealkylation sites (N-methyl/N-ethyl adjacent to an activating group) is 1. The summed E-state index contributed by atoms with van der Waals surface area (Å²) in [6.45, 7) is 1.37. The van der Waals surface area contributed by atoms with E-state index in [2.05, 4.69) is 8.75 Å². The van der Waals surface area contributed by atoms with Gasteiger partial charge in [0.15, 0.2) is 0 Å². The summed E-state index contributed by atoms with van der Waals surface area (Å²) in [4.78, 5) is 27.0. The second-order valence-corrected chi connectivity index (χ2v) is 5.78. The first-order chi connectivity index (χ1) is 10.1. The normalized spacial score (nSPS) is 14.9. The molecule has 2 aromatic rings. The number of hydrogen-bond acceptors (Lipinski definition) is 5. The zero-order valence-corrected chi connectivity index (χ0v) is 12.6. The molecule has 2 amide bonds. The van der Waals surface area contributed by atoms with Crippen LogP contribution in [0, 0.1) is 0 Å². The van der Waals surface area contributed by atoms with Crippen LogP contribution < -0.4 is 0 Å². The van der Waals surface area contributed by atoms with Crippen molar-refractivity contribution in [3.05, 3.63) is 23.8 Å². The van der Waals surface area contributed by atoms with Crippen molar-refractivity contribution in [3.63, 3.8) is 0 Å². The molecule has 1 saturated heterocycles. The number of carbonyl (C=O) groups is 2. The molecule has 1 aliphatic heterocycles. The minimum atomic E-state index is -0.0400. The summed E-state index contributed by atoms with van der Waals surface area (Å²) in [7, 11) is 1.76. The molecule has 0 saturated carbocycles. The van der Waals surface area contributed by atoms with Gasteiger partial charge in [-0.25, -0.2) is 0 Å². The van der Waals surface area contributed by atoms with Gasteiger partial charge in [0, 0.05) is 26.6 Å². The van der Waals surface area contributed by atoms with Gasteiger partial charge in [-0.2, -0.15) is 8.75 Å². The Morgan fingerprint density at radius 2 is 2.19 bits per heavy atom. The molecule has 21 heavy (non-hydrogen) atoms. The highest BCUT2D eigenvalue weighted by Crippen LogP contribution is 2.15. The molecule has 0 aliphatic carbocycles. The zero-order valence-electron chi connectivity index (χ0n) is 11.8. The minimum absolute atomic E-state index is 0.0400. The fraction of sp³-hybridized carbons (Fsp3) is 0.429. The molecule has 0 atom stereocenters. The number of carbonyl (C=O) groups excluding carboxylic acids is 2. The van der Waals surface area contributed by atoms with E-state index in [9.17, 15) is 9.59 Å². The SMILES string of the molecule is CN(Cc1ccc2nsnc2c1)C(=O)CN1CCCC1=O. The summed E-state index contributed by atoms with van der Waals surface area (Å²) in [6.07, 6.45) is 1.41. The summed E-state index contributed by atoms with van der Waals surface area (Å²) in [5.74, 6) is 0.0356. The van der Waals surface area contributed by atoms with Gasteiger partial charge in [-0.1, -0.05) is 6.07 Å². The molecule has 1 aliphatic rings. The first-order valence-electron chi connectivity index (χ1n) is 6.86. The fourth-order valence-electron chi connectivity index (χ4n) is 2.44. The number of benzene rings is 1. The number of nitrogens with zero attached hydrogens (tertiary/aromatic N) is 4. The fourth-order valence-corrected chi connectivity index (χ4v) is 2.96. The van der Waals surface area contributed by atoms with Crippen LogP contribution in [0.4, 0.5) is 0 Å². The predicted molar refractivity (Wildman–Crippen MR) is 79.7 cm³/mol. The molecule has 1 aromatic carbocycles. The Balaban J connectivity index is 1.63. The van der Waals surface area contributed by atoms with Gasteiger partial charge in [-0.15, -0.1) is 0 Å². The molecule has 1 aromatic heterocycles. The second kappa shape index (κ2) is 5.77. The van der Waals surface area contributed by atoms with Crippen molar-refractivity contribution >= 4 is 34.6 Å². The maximum atomic E-state index is 12.2. The molecular formula is C14H16N4O2S. The highest BCUT2D eigenvalue weighted by atomic mass is 32.1. The lowest BCUT2D eigenvalue weighted by Crippen LogP contribution is -2.38. The third-order valence-corrected chi connectivity index (χ3v) is 4.22. The summed E-state index contributed by atoms with van der Waals surface area (Å²) >= 11 is 1.18. The summed E-state index contributed by atoms with van der Waals surface area (Å²) in [5.41, 5.74) is 2.74. The third-order valence-electron chi connectivity index (χ3n) is 3.66. The van der Waals surface area contributed by atoms with Crippen molar-refractivity contribution in [2.45, 2.75) is 19.4 Å². The number of aromatic nitrogens is 2. The van der Waals surface area contributed by atoms with E-state index in [0.29, 0.717) is 19.5 Å². The highest BCUT2D eigenvalue weighted by Gasteiger charge is 2.23. The molecule has 3 rings (SSSR count). The van der Waals surface area contributed by atoms with Crippen molar-refractivity contribution in [1.29, 1.82) is 0 Å². The number of amides is 2. The van der Waals surface area contributed by atoms with E-state index >= 15 is 0 Å². The van der Waals surface area contributed by atoms with Gasteiger partial charge >= 0.3 is 0 Å². The number of likely N-dealkylation sites (tertiary alicyclic amines) is 1. The lowest BCUT2D eigenvalue weighted by Gasteiger charge is -2.21. The van der Waals surface area contributed by atoms with Gasteiger partial charge in [0.2, 0.25) is 11.8 Å². The van der Waals surface area contributed by atoms with E-state index in [-0.39, 0.29) is 18.4 Å². The average Bonchev–Trinajstić information content (AvgIpc) is 3.07. The van der Waals surface area contributed by atoms with Gasteiger partial charge in [0.1, 0.15) is 11.0 Å². The molecule has 0 spiro atoms. The lowest BCUT2D eigenvalue weighted by molar-refractivity contribution is -0.137. The van der Waals surface area contributed by atoms with Crippen molar-refractivity contribution in [2.75, 3.05) is 20.1 Å². The van der Waals surface area contributed by atoms with E-state index < -0.39 is 0 Å². The van der Waals surface area contributed by atoms with Crippen LogP contribution >= 0.6 is 11.7 Å². The van der Waals surface area contributed by atoms with E-state index in [1.54, 1.807) is 16.8 Å². The van der Waals surface area contributed by atoms with E-state index in [1.165, 1.54) is 11.7 Å². The second-order valence-electron chi connectivity index (χ2n) is 5.26. The van der Waals surface area contributed by atoms with Crippen LogP contribution in [0.5, 0.6) is 0 Å². The molecule has 7 heteroatoms. The van der Waals surface area contributed by atoms with E-state index in [0.717, 1.165) is 23.0 Å². The highest BCUT2D eigenvalue weighted by molar-refractivity contribution is 7.00. The monoisotopic (exact) mass is 304 g/mol. The topological polar surface area (TPSA) is 66.4 Å². The summed E-state index contributed by atoms with van der Waals surface area (Å²) in [5, 5.41) is 0. The Kier molecular flexibility index (Phi) is 3.83. The van der Waals surface area contributed by atoms with Crippen LogP contribution in [0.3, 0.4) is 0 Å². The quantitative estimate of drug-likeness (QED) is 0.853. The van der Waals surface area contributed by atoms with E-state index in [4.69, 9.17) is 0 Å². The van der Waals surface area contributed by atoms with Crippen LogP contribution in [0.2, 0.25) is 0 Å². The Hall–Kier alpha value is -2.02. The van der Waals surface area contributed by atoms with Crippen molar-refractivity contribution in [1.82, 2.24) is 18.5 Å². The molecular weight excluding hydrogens is 288 g/mol. The van der Waals surface area contributed by atoms with Crippen molar-refractivity contribution in [3.8, 4) is 0 Å². The van der Waals surface area contributed by atoms with Crippen LogP contribution in [-0.2, 0) is 16.1 Å². The van der Waals surface area contributed by atoms with Gasteiger partial charge in [0.05, 0.1) is 18.3 Å². The molecule has 110 valence electrons. The number of fused-ring (bicyclic) bond motifs is 1. The smallest absolute Gasteiger partial charge is 0.242 e. The molecule has 6 nitrogen and oxygen atoms in total. The average molecular weight is 304 g/mol. The minimum Gasteiger partial charge on any atom is -0.340 e. The predicted octanol–water partition coefficient (Wildman–Crippen LogP) is 1.27.